The van der Waals surface area contributed by atoms with E-state index in [1.165, 1.54) is 18.2 Å². The quantitative estimate of drug-likeness (QED) is 0.512. The molecule has 1 aliphatic carbocycles. The zero-order chi connectivity index (χ0) is 22.9. The molecule has 2 aromatic carbocycles. The highest BCUT2D eigenvalue weighted by molar-refractivity contribution is 5.93. The summed E-state index contributed by atoms with van der Waals surface area (Å²) in [5, 5.41) is 9.22. The van der Waals surface area contributed by atoms with Crippen LogP contribution >= 0.6 is 0 Å². The first-order valence-electron chi connectivity index (χ1n) is 10.2. The Balaban J connectivity index is 2.06. The molecule has 1 N–H and O–H groups in total. The molecular formula is C24H25F3N2O2. The third kappa shape index (κ3) is 3.40. The van der Waals surface area contributed by atoms with Crippen LogP contribution in [0.15, 0.2) is 30.3 Å². The Bertz CT molecular complexity index is 1220. The fraction of sp³-hybridized carbons (Fsp3) is 0.417. The molecule has 1 aliphatic rings. The summed E-state index contributed by atoms with van der Waals surface area (Å²) in [6.07, 6.45) is -2.75. The van der Waals surface area contributed by atoms with Crippen LogP contribution in [0.1, 0.15) is 73.4 Å². The van der Waals surface area contributed by atoms with Crippen LogP contribution in [-0.2, 0) is 17.0 Å². The number of hydrogen-bond acceptors (Lipinski definition) is 2. The second kappa shape index (κ2) is 6.58. The summed E-state index contributed by atoms with van der Waals surface area (Å²) in [4.78, 5) is 15.1. The summed E-state index contributed by atoms with van der Waals surface area (Å²) in [6.45, 7) is 10.4. The summed E-state index contributed by atoms with van der Waals surface area (Å²) < 4.78 is 43.1. The lowest BCUT2D eigenvalue weighted by Gasteiger charge is -2.42. The molecule has 0 saturated carbocycles. The zero-order valence-corrected chi connectivity index (χ0v) is 18.2. The first-order valence-corrected chi connectivity index (χ1v) is 10.2. The third-order valence-electron chi connectivity index (χ3n) is 6.57. The number of alkyl halides is 3. The molecule has 0 fully saturated rings. The van der Waals surface area contributed by atoms with Crippen LogP contribution in [-0.4, -0.2) is 20.6 Å². The molecule has 1 heterocycles. The van der Waals surface area contributed by atoms with Gasteiger partial charge in [0.1, 0.15) is 0 Å². The average Bonchev–Trinajstić information content (AvgIpc) is 3.04. The first-order chi connectivity index (χ1) is 14.2. The maximum absolute atomic E-state index is 14.0. The van der Waals surface area contributed by atoms with Crippen molar-refractivity contribution in [3.8, 4) is 5.69 Å². The number of benzene rings is 2. The van der Waals surface area contributed by atoms with Gasteiger partial charge in [-0.25, -0.2) is 9.78 Å². The fourth-order valence-electron chi connectivity index (χ4n) is 4.60. The second-order valence-electron chi connectivity index (χ2n) is 9.73. The Morgan fingerprint density at radius 3 is 2.16 bits per heavy atom. The van der Waals surface area contributed by atoms with Gasteiger partial charge in [0.25, 0.3) is 0 Å². The largest absolute Gasteiger partial charge is 0.478 e. The molecule has 1 aromatic heterocycles. The standard InChI is InChI=1S/C24H25F3N2O2/c1-13-10-15-16(23(4,5)9-8-22(15,2)3)12-19(13)29-18-7-6-14(20(30)31)11-17(18)28-21(29)24(25,26)27/h6-7,10-12H,8-9H2,1-5H3,(H,30,31). The van der Waals surface area contributed by atoms with Crippen molar-refractivity contribution in [2.45, 2.75) is 64.5 Å². The van der Waals surface area contributed by atoms with Crippen molar-refractivity contribution in [2.75, 3.05) is 0 Å². The van der Waals surface area contributed by atoms with Gasteiger partial charge in [0, 0.05) is 0 Å². The summed E-state index contributed by atoms with van der Waals surface area (Å²) >= 11 is 0. The topological polar surface area (TPSA) is 55.1 Å². The number of halogens is 3. The van der Waals surface area contributed by atoms with Gasteiger partial charge in [0.05, 0.1) is 22.3 Å². The summed E-state index contributed by atoms with van der Waals surface area (Å²) in [6, 6.07) is 7.76. The Morgan fingerprint density at radius 2 is 1.61 bits per heavy atom. The smallest absolute Gasteiger partial charge is 0.450 e. The minimum absolute atomic E-state index is 0.00364. The number of aryl methyl sites for hydroxylation is 1. The highest BCUT2D eigenvalue weighted by atomic mass is 19.4. The number of carboxylic acids is 1. The number of rotatable bonds is 2. The van der Waals surface area contributed by atoms with Crippen LogP contribution in [0.4, 0.5) is 13.2 Å². The van der Waals surface area contributed by atoms with E-state index in [0.717, 1.165) is 34.1 Å². The fourth-order valence-corrected chi connectivity index (χ4v) is 4.60. The molecule has 7 heteroatoms. The molecule has 0 saturated heterocycles. The minimum atomic E-state index is -4.69. The number of nitrogens with zero attached hydrogens (tertiary/aromatic N) is 2. The molecule has 0 radical (unpaired) electrons. The van der Waals surface area contributed by atoms with Crippen LogP contribution in [0.2, 0.25) is 0 Å². The maximum atomic E-state index is 14.0. The van der Waals surface area contributed by atoms with E-state index in [-0.39, 0.29) is 27.4 Å². The monoisotopic (exact) mass is 430 g/mol. The van der Waals surface area contributed by atoms with E-state index in [1.807, 2.05) is 19.1 Å². The predicted molar refractivity (Wildman–Crippen MR) is 113 cm³/mol. The van der Waals surface area contributed by atoms with Crippen LogP contribution in [0, 0.1) is 6.92 Å². The van der Waals surface area contributed by atoms with E-state index in [2.05, 4.69) is 32.7 Å². The van der Waals surface area contributed by atoms with Crippen LogP contribution in [0.25, 0.3) is 16.7 Å². The molecule has 0 unspecified atom stereocenters. The first kappa shape index (κ1) is 21.4. The van der Waals surface area contributed by atoms with Crippen LogP contribution in [0.5, 0.6) is 0 Å². The number of imidazole rings is 1. The number of aromatic nitrogens is 2. The second-order valence-corrected chi connectivity index (χ2v) is 9.73. The molecule has 3 aromatic rings. The van der Waals surface area contributed by atoms with Crippen molar-refractivity contribution < 1.29 is 23.1 Å². The molecular weight excluding hydrogens is 405 g/mol. The van der Waals surface area contributed by atoms with Crippen molar-refractivity contribution >= 4 is 17.0 Å². The van der Waals surface area contributed by atoms with E-state index in [0.29, 0.717) is 5.69 Å². The number of hydrogen-bond donors (Lipinski definition) is 1. The predicted octanol–water partition coefficient (Wildman–Crippen LogP) is 6.40. The van der Waals surface area contributed by atoms with Crippen molar-refractivity contribution in [3.63, 3.8) is 0 Å². The Kier molecular flexibility index (Phi) is 4.54. The molecule has 0 spiro atoms. The van der Waals surface area contributed by atoms with Crippen molar-refractivity contribution in [1.82, 2.24) is 9.55 Å². The lowest BCUT2D eigenvalue weighted by molar-refractivity contribution is -0.145. The van der Waals surface area contributed by atoms with Gasteiger partial charge in [-0.2, -0.15) is 13.2 Å². The lowest BCUT2D eigenvalue weighted by atomic mass is 9.63. The van der Waals surface area contributed by atoms with E-state index in [9.17, 15) is 23.1 Å². The Labute approximate surface area is 178 Å². The maximum Gasteiger partial charge on any atom is 0.450 e. The molecule has 0 atom stereocenters. The molecule has 4 nitrogen and oxygen atoms in total. The number of fused-ring (bicyclic) bond motifs is 2. The van der Waals surface area contributed by atoms with Gasteiger partial charge in [-0.15, -0.1) is 0 Å². The van der Waals surface area contributed by atoms with Gasteiger partial charge >= 0.3 is 12.1 Å². The van der Waals surface area contributed by atoms with E-state index < -0.39 is 18.0 Å². The lowest BCUT2D eigenvalue weighted by Crippen LogP contribution is -2.34. The minimum Gasteiger partial charge on any atom is -0.478 e. The third-order valence-corrected chi connectivity index (χ3v) is 6.57. The van der Waals surface area contributed by atoms with Gasteiger partial charge in [-0.3, -0.25) is 4.57 Å². The van der Waals surface area contributed by atoms with E-state index >= 15 is 0 Å². The molecule has 31 heavy (non-hydrogen) atoms. The molecule has 0 bridgehead atoms. The average molecular weight is 430 g/mol. The van der Waals surface area contributed by atoms with Gasteiger partial charge in [-0.1, -0.05) is 33.8 Å². The SMILES string of the molecule is Cc1cc2c(cc1-n1c(C(F)(F)F)nc3cc(C(=O)O)ccc31)C(C)(C)CCC2(C)C. The Hall–Kier alpha value is -2.83. The number of aromatic carboxylic acids is 1. The van der Waals surface area contributed by atoms with Crippen molar-refractivity contribution in [1.29, 1.82) is 0 Å². The highest BCUT2D eigenvalue weighted by Gasteiger charge is 2.41. The van der Waals surface area contributed by atoms with Gasteiger partial charge < -0.3 is 5.11 Å². The molecule has 0 amide bonds. The normalized spacial score (nSPS) is 17.5. The number of carboxylic acid groups (broad SMARTS) is 1. The van der Waals surface area contributed by atoms with Crippen LogP contribution < -0.4 is 0 Å². The Morgan fingerprint density at radius 1 is 1.03 bits per heavy atom. The van der Waals surface area contributed by atoms with Gasteiger partial charge in [-0.05, 0) is 71.6 Å². The van der Waals surface area contributed by atoms with Crippen molar-refractivity contribution in [3.05, 3.63) is 58.4 Å². The molecule has 164 valence electrons. The van der Waals surface area contributed by atoms with Crippen molar-refractivity contribution in [2.24, 2.45) is 0 Å². The zero-order valence-electron chi connectivity index (χ0n) is 18.2. The highest BCUT2D eigenvalue weighted by Crippen LogP contribution is 2.47. The van der Waals surface area contributed by atoms with Gasteiger partial charge in [0.15, 0.2) is 0 Å². The molecule has 4 rings (SSSR count). The number of carbonyl (C=O) groups is 1. The van der Waals surface area contributed by atoms with Crippen LogP contribution in [0.3, 0.4) is 0 Å². The van der Waals surface area contributed by atoms with E-state index in [1.54, 1.807) is 0 Å². The summed E-state index contributed by atoms with van der Waals surface area (Å²) in [5.74, 6) is -2.26. The summed E-state index contributed by atoms with van der Waals surface area (Å²) in [5.41, 5.74) is 3.25. The van der Waals surface area contributed by atoms with Gasteiger partial charge in [0.2, 0.25) is 5.82 Å². The van der Waals surface area contributed by atoms with E-state index in [4.69, 9.17) is 0 Å². The molecule has 0 aliphatic heterocycles. The summed E-state index contributed by atoms with van der Waals surface area (Å²) in [7, 11) is 0.